The number of rotatable bonds is 8. The van der Waals surface area contributed by atoms with E-state index in [1.807, 2.05) is 0 Å². The van der Waals surface area contributed by atoms with Crippen molar-refractivity contribution in [3.05, 3.63) is 41.5 Å². The zero-order chi connectivity index (χ0) is 19.6. The van der Waals surface area contributed by atoms with Gasteiger partial charge < -0.3 is 15.0 Å². The molecule has 0 unspecified atom stereocenters. The molecule has 0 heterocycles. The standard InChI is InChI=1S/C21H28N2O4/c1-3-27-21(26)18-11-7-8-12-19(18)22-20(25)15-23(16(2)24)14-13-17-9-5-4-6-10-17/h7-9,11-12H,3-6,10,13-15H2,1-2H3,(H,22,25). The Bertz CT molecular complexity index is 712. The summed E-state index contributed by atoms with van der Waals surface area (Å²) in [7, 11) is 0. The van der Waals surface area contributed by atoms with Crippen LogP contribution in [0.4, 0.5) is 5.69 Å². The smallest absolute Gasteiger partial charge is 0.340 e. The summed E-state index contributed by atoms with van der Waals surface area (Å²) < 4.78 is 5.01. The average molecular weight is 372 g/mol. The highest BCUT2D eigenvalue weighted by molar-refractivity contribution is 6.02. The van der Waals surface area contributed by atoms with Gasteiger partial charge in [0.25, 0.3) is 0 Å². The molecule has 0 aliphatic heterocycles. The van der Waals surface area contributed by atoms with E-state index < -0.39 is 5.97 Å². The van der Waals surface area contributed by atoms with Crippen LogP contribution < -0.4 is 5.32 Å². The first-order valence-electron chi connectivity index (χ1n) is 9.50. The van der Waals surface area contributed by atoms with Crippen molar-refractivity contribution < 1.29 is 19.1 Å². The highest BCUT2D eigenvalue weighted by Gasteiger charge is 2.18. The van der Waals surface area contributed by atoms with Gasteiger partial charge in [0.1, 0.15) is 0 Å². The van der Waals surface area contributed by atoms with Gasteiger partial charge in [-0.3, -0.25) is 9.59 Å². The Morgan fingerprint density at radius 3 is 2.63 bits per heavy atom. The lowest BCUT2D eigenvalue weighted by molar-refractivity contribution is -0.132. The van der Waals surface area contributed by atoms with E-state index in [2.05, 4.69) is 11.4 Å². The van der Waals surface area contributed by atoms with Gasteiger partial charge in [0, 0.05) is 13.5 Å². The van der Waals surface area contributed by atoms with Crippen molar-refractivity contribution in [2.24, 2.45) is 0 Å². The quantitative estimate of drug-likeness (QED) is 0.559. The zero-order valence-corrected chi connectivity index (χ0v) is 16.1. The van der Waals surface area contributed by atoms with Crippen LogP contribution in [0.5, 0.6) is 0 Å². The van der Waals surface area contributed by atoms with E-state index >= 15 is 0 Å². The van der Waals surface area contributed by atoms with Crippen molar-refractivity contribution in [1.29, 1.82) is 0 Å². The minimum absolute atomic E-state index is 0.0419. The van der Waals surface area contributed by atoms with Gasteiger partial charge in [-0.15, -0.1) is 0 Å². The van der Waals surface area contributed by atoms with E-state index in [0.717, 1.165) is 19.3 Å². The minimum Gasteiger partial charge on any atom is -0.462 e. The van der Waals surface area contributed by atoms with Gasteiger partial charge in [0.05, 0.1) is 24.4 Å². The molecular weight excluding hydrogens is 344 g/mol. The maximum Gasteiger partial charge on any atom is 0.340 e. The fraction of sp³-hybridized carbons (Fsp3) is 0.476. The molecule has 2 rings (SSSR count). The van der Waals surface area contributed by atoms with Crippen LogP contribution in [0.1, 0.15) is 56.3 Å². The second-order valence-electron chi connectivity index (χ2n) is 6.61. The number of carbonyl (C=O) groups excluding carboxylic acids is 3. The summed E-state index contributed by atoms with van der Waals surface area (Å²) in [5.74, 6) is -0.958. The zero-order valence-electron chi connectivity index (χ0n) is 16.1. The first kappa shape index (κ1) is 20.7. The van der Waals surface area contributed by atoms with Crippen LogP contribution in [0.25, 0.3) is 0 Å². The summed E-state index contributed by atoms with van der Waals surface area (Å²) in [5, 5.41) is 2.72. The van der Waals surface area contributed by atoms with Crippen LogP contribution in [0, 0.1) is 0 Å². The molecule has 1 aromatic rings. The largest absolute Gasteiger partial charge is 0.462 e. The molecule has 1 N–H and O–H groups in total. The van der Waals surface area contributed by atoms with Crippen molar-refractivity contribution in [3.8, 4) is 0 Å². The molecule has 0 radical (unpaired) electrons. The third-order valence-electron chi connectivity index (χ3n) is 4.56. The monoisotopic (exact) mass is 372 g/mol. The predicted octanol–water partition coefficient (Wildman–Crippen LogP) is 3.54. The fourth-order valence-electron chi connectivity index (χ4n) is 3.10. The summed E-state index contributed by atoms with van der Waals surface area (Å²) in [6.45, 7) is 3.93. The van der Waals surface area contributed by atoms with Crippen molar-refractivity contribution in [3.63, 3.8) is 0 Å². The summed E-state index contributed by atoms with van der Waals surface area (Å²) in [4.78, 5) is 37.9. The molecule has 146 valence electrons. The Kier molecular flexibility index (Phi) is 8.04. The lowest BCUT2D eigenvalue weighted by atomic mass is 9.97. The lowest BCUT2D eigenvalue weighted by Gasteiger charge is -2.22. The van der Waals surface area contributed by atoms with Gasteiger partial charge in [-0.05, 0) is 51.2 Å². The Morgan fingerprint density at radius 1 is 1.19 bits per heavy atom. The molecule has 27 heavy (non-hydrogen) atoms. The van der Waals surface area contributed by atoms with Gasteiger partial charge in [-0.1, -0.05) is 23.8 Å². The summed E-state index contributed by atoms with van der Waals surface area (Å²) >= 11 is 0. The molecule has 0 aromatic heterocycles. The number of amides is 2. The third-order valence-corrected chi connectivity index (χ3v) is 4.56. The van der Waals surface area contributed by atoms with E-state index in [0.29, 0.717) is 17.8 Å². The number of allylic oxidation sites excluding steroid dienone is 1. The Balaban J connectivity index is 1.97. The van der Waals surface area contributed by atoms with Gasteiger partial charge in [0.2, 0.25) is 11.8 Å². The molecule has 0 bridgehead atoms. The number of hydrogen-bond donors (Lipinski definition) is 1. The number of anilines is 1. The van der Waals surface area contributed by atoms with Gasteiger partial charge >= 0.3 is 5.97 Å². The molecule has 0 saturated carbocycles. The van der Waals surface area contributed by atoms with Gasteiger partial charge in [0.15, 0.2) is 0 Å². The molecule has 6 nitrogen and oxygen atoms in total. The highest BCUT2D eigenvalue weighted by Crippen LogP contribution is 2.20. The van der Waals surface area contributed by atoms with Crippen LogP contribution in [0.3, 0.4) is 0 Å². The molecule has 1 aliphatic rings. The van der Waals surface area contributed by atoms with Crippen LogP contribution in [-0.4, -0.2) is 42.4 Å². The molecule has 6 heteroatoms. The number of hydrogen-bond acceptors (Lipinski definition) is 4. The van der Waals surface area contributed by atoms with Crippen molar-refractivity contribution in [1.82, 2.24) is 4.90 Å². The minimum atomic E-state index is -0.485. The number of carbonyl (C=O) groups is 3. The summed E-state index contributed by atoms with van der Waals surface area (Å²) in [6, 6.07) is 6.69. The molecule has 2 amide bonds. The van der Waals surface area contributed by atoms with E-state index in [-0.39, 0.29) is 25.0 Å². The number of nitrogens with one attached hydrogen (secondary N) is 1. The predicted molar refractivity (Wildman–Crippen MR) is 104 cm³/mol. The fourth-order valence-corrected chi connectivity index (χ4v) is 3.10. The van der Waals surface area contributed by atoms with E-state index in [9.17, 15) is 14.4 Å². The number of para-hydroxylation sites is 1. The number of esters is 1. The number of ether oxygens (including phenoxy) is 1. The first-order chi connectivity index (χ1) is 13.0. The van der Waals surface area contributed by atoms with Crippen molar-refractivity contribution in [2.45, 2.75) is 46.0 Å². The molecule has 0 spiro atoms. The lowest BCUT2D eigenvalue weighted by Crippen LogP contribution is -2.37. The van der Waals surface area contributed by atoms with Crippen LogP contribution in [0.15, 0.2) is 35.9 Å². The van der Waals surface area contributed by atoms with E-state index in [1.54, 1.807) is 31.2 Å². The SMILES string of the molecule is CCOC(=O)c1ccccc1NC(=O)CN(CCC1=CCCCC1)C(C)=O. The number of benzene rings is 1. The van der Waals surface area contributed by atoms with Crippen LogP contribution >= 0.6 is 0 Å². The Labute approximate surface area is 160 Å². The molecule has 0 atom stereocenters. The van der Waals surface area contributed by atoms with Gasteiger partial charge in [-0.25, -0.2) is 4.79 Å². The van der Waals surface area contributed by atoms with Crippen LogP contribution in [0.2, 0.25) is 0 Å². The second-order valence-corrected chi connectivity index (χ2v) is 6.61. The van der Waals surface area contributed by atoms with Crippen molar-refractivity contribution >= 4 is 23.5 Å². The summed E-state index contributed by atoms with van der Waals surface area (Å²) in [5.41, 5.74) is 2.05. The number of nitrogens with zero attached hydrogens (tertiary/aromatic N) is 1. The molecule has 1 aromatic carbocycles. The molecule has 1 aliphatic carbocycles. The maximum absolute atomic E-state index is 12.4. The maximum atomic E-state index is 12.4. The molecular formula is C21H28N2O4. The molecule has 0 saturated heterocycles. The summed E-state index contributed by atoms with van der Waals surface area (Å²) in [6.07, 6.45) is 7.63. The topological polar surface area (TPSA) is 75.7 Å². The average Bonchev–Trinajstić information content (AvgIpc) is 2.66. The third kappa shape index (κ3) is 6.55. The van der Waals surface area contributed by atoms with Gasteiger partial charge in [-0.2, -0.15) is 0 Å². The first-order valence-corrected chi connectivity index (χ1v) is 9.50. The van der Waals surface area contributed by atoms with Crippen molar-refractivity contribution in [2.75, 3.05) is 25.0 Å². The Morgan fingerprint density at radius 2 is 1.96 bits per heavy atom. The molecule has 0 fully saturated rings. The van der Waals surface area contributed by atoms with E-state index in [4.69, 9.17) is 4.74 Å². The van der Waals surface area contributed by atoms with Crippen LogP contribution in [-0.2, 0) is 14.3 Å². The second kappa shape index (κ2) is 10.5. The normalized spacial score (nSPS) is 13.5. The van der Waals surface area contributed by atoms with E-state index in [1.165, 1.54) is 30.2 Å². The Hall–Kier alpha value is -2.63. The highest BCUT2D eigenvalue weighted by atomic mass is 16.5.